The van der Waals surface area contributed by atoms with Crippen LogP contribution in [0.15, 0.2) is 29.2 Å². The first-order valence-corrected chi connectivity index (χ1v) is 7.13. The number of nitrogens with two attached hydrogens (primary N) is 1. The largest absolute Gasteiger partial charge is 0.327 e. The van der Waals surface area contributed by atoms with E-state index >= 15 is 0 Å². The summed E-state index contributed by atoms with van der Waals surface area (Å²) in [6.07, 6.45) is 1.01. The van der Waals surface area contributed by atoms with Crippen molar-refractivity contribution in [2.75, 3.05) is 5.75 Å². The Labute approximate surface area is 105 Å². The van der Waals surface area contributed by atoms with Gasteiger partial charge in [0, 0.05) is 21.7 Å². The molecular weight excluding hydrogens is 242 g/mol. The number of hydrogen-bond acceptors (Lipinski definition) is 2. The van der Waals surface area contributed by atoms with Gasteiger partial charge in [-0.2, -0.15) is 0 Å². The third-order valence-corrected chi connectivity index (χ3v) is 4.53. The average molecular weight is 260 g/mol. The van der Waals surface area contributed by atoms with Crippen molar-refractivity contribution >= 4 is 22.4 Å². The first-order valence-electron chi connectivity index (χ1n) is 5.44. The molecule has 2 N–H and O–H groups in total. The summed E-state index contributed by atoms with van der Waals surface area (Å²) in [6, 6.07) is 7.08. The van der Waals surface area contributed by atoms with Gasteiger partial charge >= 0.3 is 0 Å². The summed E-state index contributed by atoms with van der Waals surface area (Å²) >= 11 is 5.77. The van der Waals surface area contributed by atoms with Gasteiger partial charge in [0.05, 0.1) is 10.8 Å². The van der Waals surface area contributed by atoms with Crippen LogP contribution >= 0.6 is 11.6 Å². The molecule has 0 bridgehead atoms. The van der Waals surface area contributed by atoms with Crippen LogP contribution in [0.4, 0.5) is 0 Å². The van der Waals surface area contributed by atoms with E-state index in [1.807, 2.05) is 0 Å². The van der Waals surface area contributed by atoms with Gasteiger partial charge in [-0.15, -0.1) is 0 Å². The monoisotopic (exact) mass is 259 g/mol. The van der Waals surface area contributed by atoms with Crippen molar-refractivity contribution in [2.24, 2.45) is 11.7 Å². The third kappa shape index (κ3) is 3.89. The summed E-state index contributed by atoms with van der Waals surface area (Å²) < 4.78 is 12.0. The SMILES string of the molecule is CCC(C)C(N)CS(=O)c1ccc(Cl)cc1. The number of hydrogen-bond donors (Lipinski definition) is 1. The number of halogens is 1. The molecule has 0 saturated heterocycles. The quantitative estimate of drug-likeness (QED) is 0.884. The van der Waals surface area contributed by atoms with E-state index in [-0.39, 0.29) is 6.04 Å². The molecule has 16 heavy (non-hydrogen) atoms. The van der Waals surface area contributed by atoms with Crippen LogP contribution in [-0.2, 0) is 10.8 Å². The lowest BCUT2D eigenvalue weighted by atomic mass is 10.0. The van der Waals surface area contributed by atoms with Crippen LogP contribution in [0.5, 0.6) is 0 Å². The van der Waals surface area contributed by atoms with Crippen molar-refractivity contribution < 1.29 is 4.21 Å². The second-order valence-electron chi connectivity index (χ2n) is 4.02. The molecule has 90 valence electrons. The summed E-state index contributed by atoms with van der Waals surface area (Å²) in [5, 5.41) is 0.659. The highest BCUT2D eigenvalue weighted by atomic mass is 35.5. The lowest BCUT2D eigenvalue weighted by molar-refractivity contribution is 0.472. The van der Waals surface area contributed by atoms with Crippen LogP contribution in [0.25, 0.3) is 0 Å². The van der Waals surface area contributed by atoms with E-state index in [9.17, 15) is 4.21 Å². The van der Waals surface area contributed by atoms with Crippen molar-refractivity contribution in [2.45, 2.75) is 31.2 Å². The molecule has 0 radical (unpaired) electrons. The molecule has 0 saturated carbocycles. The normalized spacial score (nSPS) is 16.8. The molecule has 3 atom stereocenters. The van der Waals surface area contributed by atoms with Crippen LogP contribution in [0.2, 0.25) is 5.02 Å². The Morgan fingerprint density at radius 1 is 1.38 bits per heavy atom. The number of rotatable bonds is 5. The molecular formula is C12H18ClNOS. The first-order chi connectivity index (χ1) is 7.54. The molecule has 4 heteroatoms. The van der Waals surface area contributed by atoms with Gasteiger partial charge in [-0.3, -0.25) is 4.21 Å². The maximum atomic E-state index is 12.0. The Morgan fingerprint density at radius 3 is 2.44 bits per heavy atom. The smallest absolute Gasteiger partial charge is 0.0545 e. The third-order valence-electron chi connectivity index (χ3n) is 2.80. The molecule has 0 fully saturated rings. The molecule has 1 aromatic rings. The Bertz CT molecular complexity index is 353. The second kappa shape index (κ2) is 6.38. The fraction of sp³-hybridized carbons (Fsp3) is 0.500. The van der Waals surface area contributed by atoms with Crippen LogP contribution in [0.1, 0.15) is 20.3 Å². The second-order valence-corrected chi connectivity index (χ2v) is 5.95. The highest BCUT2D eigenvalue weighted by Crippen LogP contribution is 2.15. The Kier molecular flexibility index (Phi) is 5.46. The molecule has 0 aliphatic rings. The summed E-state index contributed by atoms with van der Waals surface area (Å²) in [5.41, 5.74) is 5.98. The average Bonchev–Trinajstić information content (AvgIpc) is 2.28. The molecule has 1 aromatic carbocycles. The fourth-order valence-corrected chi connectivity index (χ4v) is 2.76. The molecule has 0 aliphatic carbocycles. The fourth-order valence-electron chi connectivity index (χ4n) is 1.32. The van der Waals surface area contributed by atoms with Crippen LogP contribution in [0, 0.1) is 5.92 Å². The van der Waals surface area contributed by atoms with Crippen molar-refractivity contribution in [3.05, 3.63) is 29.3 Å². The summed E-state index contributed by atoms with van der Waals surface area (Å²) in [4.78, 5) is 0.795. The molecule has 0 amide bonds. The Hall–Kier alpha value is -0.380. The van der Waals surface area contributed by atoms with E-state index in [1.54, 1.807) is 24.3 Å². The zero-order valence-electron chi connectivity index (χ0n) is 9.65. The summed E-state index contributed by atoms with van der Waals surface area (Å²) in [6.45, 7) is 4.18. The Balaban J connectivity index is 2.62. The summed E-state index contributed by atoms with van der Waals surface area (Å²) in [5.74, 6) is 0.910. The van der Waals surface area contributed by atoms with Crippen LogP contribution in [-0.4, -0.2) is 16.0 Å². The molecule has 3 unspecified atom stereocenters. The van der Waals surface area contributed by atoms with Crippen molar-refractivity contribution in [1.29, 1.82) is 0 Å². The zero-order valence-corrected chi connectivity index (χ0v) is 11.2. The van der Waals surface area contributed by atoms with E-state index in [0.29, 0.717) is 16.7 Å². The van der Waals surface area contributed by atoms with Crippen LogP contribution < -0.4 is 5.73 Å². The minimum absolute atomic E-state index is 0.0125. The van der Waals surface area contributed by atoms with Gasteiger partial charge in [-0.1, -0.05) is 31.9 Å². The van der Waals surface area contributed by atoms with Gasteiger partial charge in [0.2, 0.25) is 0 Å². The lowest BCUT2D eigenvalue weighted by Gasteiger charge is -2.17. The highest BCUT2D eigenvalue weighted by Gasteiger charge is 2.15. The molecule has 0 heterocycles. The van der Waals surface area contributed by atoms with E-state index < -0.39 is 10.8 Å². The predicted octanol–water partition coefficient (Wildman–Crippen LogP) is 2.82. The van der Waals surface area contributed by atoms with Crippen molar-refractivity contribution in [3.63, 3.8) is 0 Å². The van der Waals surface area contributed by atoms with Crippen molar-refractivity contribution in [1.82, 2.24) is 0 Å². The van der Waals surface area contributed by atoms with Gasteiger partial charge in [-0.05, 0) is 30.2 Å². The van der Waals surface area contributed by atoms with Gasteiger partial charge in [-0.25, -0.2) is 0 Å². The van der Waals surface area contributed by atoms with Crippen LogP contribution in [0.3, 0.4) is 0 Å². The van der Waals surface area contributed by atoms with E-state index in [4.69, 9.17) is 17.3 Å². The molecule has 0 aliphatic heterocycles. The molecule has 2 nitrogen and oxygen atoms in total. The number of benzene rings is 1. The molecule has 1 rings (SSSR count). The standard InChI is InChI=1S/C12H18ClNOS/c1-3-9(2)12(14)8-16(15)11-6-4-10(13)5-7-11/h4-7,9,12H,3,8,14H2,1-2H3. The maximum Gasteiger partial charge on any atom is 0.0545 e. The topological polar surface area (TPSA) is 43.1 Å². The van der Waals surface area contributed by atoms with Gasteiger partial charge in [0.15, 0.2) is 0 Å². The predicted molar refractivity (Wildman–Crippen MR) is 70.2 cm³/mol. The van der Waals surface area contributed by atoms with E-state index in [0.717, 1.165) is 11.3 Å². The van der Waals surface area contributed by atoms with Gasteiger partial charge in [0.25, 0.3) is 0 Å². The minimum atomic E-state index is -1.03. The zero-order chi connectivity index (χ0) is 12.1. The minimum Gasteiger partial charge on any atom is -0.327 e. The lowest BCUT2D eigenvalue weighted by Crippen LogP contribution is -2.33. The van der Waals surface area contributed by atoms with Crippen molar-refractivity contribution in [3.8, 4) is 0 Å². The van der Waals surface area contributed by atoms with E-state index in [2.05, 4.69) is 13.8 Å². The van der Waals surface area contributed by atoms with E-state index in [1.165, 1.54) is 0 Å². The summed E-state index contributed by atoms with van der Waals surface area (Å²) in [7, 11) is -1.03. The van der Waals surface area contributed by atoms with Gasteiger partial charge in [0.1, 0.15) is 0 Å². The molecule has 0 aromatic heterocycles. The maximum absolute atomic E-state index is 12.0. The molecule has 0 spiro atoms. The highest BCUT2D eigenvalue weighted by molar-refractivity contribution is 7.85. The van der Waals surface area contributed by atoms with Gasteiger partial charge < -0.3 is 5.73 Å². The Morgan fingerprint density at radius 2 is 1.94 bits per heavy atom. The first kappa shape index (κ1) is 13.7.